The van der Waals surface area contributed by atoms with Crippen LogP contribution in [0.5, 0.6) is 0 Å². The summed E-state index contributed by atoms with van der Waals surface area (Å²) in [6.07, 6.45) is 2.96. The van der Waals surface area contributed by atoms with Crippen LogP contribution in [0.2, 0.25) is 0 Å². The molecule has 0 bridgehead atoms. The van der Waals surface area contributed by atoms with Gasteiger partial charge in [-0.25, -0.2) is 0 Å². The van der Waals surface area contributed by atoms with E-state index < -0.39 is 0 Å². The van der Waals surface area contributed by atoms with Crippen molar-refractivity contribution in [3.05, 3.63) is 36.5 Å². The number of anilines is 1. The molecule has 0 saturated heterocycles. The standard InChI is InChI=1S/C14H19N3/c1-11(2)7-9-15-13-5-3-12(4-6-13)14-8-10-16-17-14/h3-6,8,10-11,15H,7,9H2,1-2H3,(H,16,17). The van der Waals surface area contributed by atoms with Gasteiger partial charge in [0.15, 0.2) is 0 Å². The molecule has 0 saturated carbocycles. The molecule has 1 aromatic carbocycles. The zero-order chi connectivity index (χ0) is 12.1. The van der Waals surface area contributed by atoms with Crippen molar-refractivity contribution in [2.24, 2.45) is 5.92 Å². The second-order valence-electron chi connectivity index (χ2n) is 4.66. The van der Waals surface area contributed by atoms with Gasteiger partial charge in [-0.1, -0.05) is 26.0 Å². The molecule has 17 heavy (non-hydrogen) atoms. The molecule has 3 heteroatoms. The highest BCUT2D eigenvalue weighted by Gasteiger charge is 1.99. The van der Waals surface area contributed by atoms with Gasteiger partial charge in [0.1, 0.15) is 0 Å². The molecule has 0 aliphatic rings. The third-order valence-electron chi connectivity index (χ3n) is 2.75. The highest BCUT2D eigenvalue weighted by atomic mass is 15.1. The number of nitrogens with one attached hydrogen (secondary N) is 2. The number of aromatic amines is 1. The van der Waals surface area contributed by atoms with Crippen molar-refractivity contribution in [1.29, 1.82) is 0 Å². The van der Waals surface area contributed by atoms with Crippen LogP contribution >= 0.6 is 0 Å². The van der Waals surface area contributed by atoms with Crippen LogP contribution in [0.4, 0.5) is 5.69 Å². The first-order valence-corrected chi connectivity index (χ1v) is 6.09. The van der Waals surface area contributed by atoms with E-state index in [0.29, 0.717) is 0 Å². The minimum atomic E-state index is 0.742. The maximum absolute atomic E-state index is 3.95. The summed E-state index contributed by atoms with van der Waals surface area (Å²) in [4.78, 5) is 0. The van der Waals surface area contributed by atoms with E-state index in [9.17, 15) is 0 Å². The third kappa shape index (κ3) is 3.34. The lowest BCUT2D eigenvalue weighted by atomic mass is 10.1. The minimum Gasteiger partial charge on any atom is -0.385 e. The quantitative estimate of drug-likeness (QED) is 0.823. The molecule has 2 rings (SSSR count). The summed E-state index contributed by atoms with van der Waals surface area (Å²) in [7, 11) is 0. The Labute approximate surface area is 102 Å². The van der Waals surface area contributed by atoms with Crippen LogP contribution in [-0.4, -0.2) is 16.7 Å². The first kappa shape index (κ1) is 11.7. The predicted octanol–water partition coefficient (Wildman–Crippen LogP) is 3.53. The van der Waals surface area contributed by atoms with Crippen molar-refractivity contribution in [2.75, 3.05) is 11.9 Å². The molecule has 90 valence electrons. The zero-order valence-electron chi connectivity index (χ0n) is 10.4. The van der Waals surface area contributed by atoms with Crippen molar-refractivity contribution >= 4 is 5.69 Å². The lowest BCUT2D eigenvalue weighted by Gasteiger charge is -2.08. The summed E-state index contributed by atoms with van der Waals surface area (Å²) in [6.45, 7) is 5.51. The fourth-order valence-electron chi connectivity index (χ4n) is 1.69. The maximum Gasteiger partial charge on any atom is 0.0650 e. The Morgan fingerprint density at radius 2 is 1.94 bits per heavy atom. The fraction of sp³-hybridized carbons (Fsp3) is 0.357. The molecule has 0 aliphatic carbocycles. The third-order valence-corrected chi connectivity index (χ3v) is 2.75. The number of benzene rings is 1. The minimum absolute atomic E-state index is 0.742. The molecule has 0 spiro atoms. The van der Waals surface area contributed by atoms with Gasteiger partial charge in [-0.05, 0) is 36.1 Å². The Hall–Kier alpha value is -1.77. The number of H-pyrrole nitrogens is 1. The van der Waals surface area contributed by atoms with Gasteiger partial charge in [0, 0.05) is 18.4 Å². The average molecular weight is 229 g/mol. The molecule has 0 aliphatic heterocycles. The Balaban J connectivity index is 1.94. The van der Waals surface area contributed by atoms with Gasteiger partial charge < -0.3 is 5.32 Å². The number of aromatic nitrogens is 2. The normalized spacial score (nSPS) is 10.8. The van der Waals surface area contributed by atoms with Gasteiger partial charge in [0.05, 0.1) is 5.69 Å². The van der Waals surface area contributed by atoms with Crippen molar-refractivity contribution in [3.8, 4) is 11.3 Å². The molecule has 1 aromatic heterocycles. The first-order chi connectivity index (χ1) is 8.25. The highest BCUT2D eigenvalue weighted by Crippen LogP contribution is 2.18. The molecular formula is C14H19N3. The van der Waals surface area contributed by atoms with E-state index in [1.165, 1.54) is 12.1 Å². The monoisotopic (exact) mass is 229 g/mol. The highest BCUT2D eigenvalue weighted by molar-refractivity contribution is 5.62. The van der Waals surface area contributed by atoms with Gasteiger partial charge in [-0.15, -0.1) is 0 Å². The predicted molar refractivity (Wildman–Crippen MR) is 72.0 cm³/mol. The van der Waals surface area contributed by atoms with E-state index in [1.807, 2.05) is 6.07 Å². The Kier molecular flexibility index (Phi) is 3.81. The smallest absolute Gasteiger partial charge is 0.0650 e. The molecule has 0 amide bonds. The first-order valence-electron chi connectivity index (χ1n) is 6.09. The second kappa shape index (κ2) is 5.53. The van der Waals surface area contributed by atoms with Crippen molar-refractivity contribution in [2.45, 2.75) is 20.3 Å². The number of hydrogen-bond acceptors (Lipinski definition) is 2. The summed E-state index contributed by atoms with van der Waals surface area (Å²) in [5.74, 6) is 0.742. The molecule has 2 N–H and O–H groups in total. The van der Waals surface area contributed by atoms with E-state index in [1.54, 1.807) is 6.20 Å². The van der Waals surface area contributed by atoms with E-state index >= 15 is 0 Å². The molecule has 0 fully saturated rings. The summed E-state index contributed by atoms with van der Waals surface area (Å²) >= 11 is 0. The largest absolute Gasteiger partial charge is 0.385 e. The topological polar surface area (TPSA) is 40.7 Å². The molecule has 1 heterocycles. The molecule has 0 atom stereocenters. The van der Waals surface area contributed by atoms with E-state index in [2.05, 4.69) is 53.6 Å². The van der Waals surface area contributed by atoms with Crippen LogP contribution in [0.25, 0.3) is 11.3 Å². The summed E-state index contributed by atoms with van der Waals surface area (Å²) in [5, 5.41) is 10.3. The SMILES string of the molecule is CC(C)CCNc1ccc(-c2ccn[nH]2)cc1. The summed E-state index contributed by atoms with van der Waals surface area (Å²) in [6, 6.07) is 10.4. The Morgan fingerprint density at radius 3 is 2.53 bits per heavy atom. The van der Waals surface area contributed by atoms with Crippen LogP contribution < -0.4 is 5.32 Å². The zero-order valence-corrected chi connectivity index (χ0v) is 10.4. The van der Waals surface area contributed by atoms with Crippen molar-refractivity contribution in [1.82, 2.24) is 10.2 Å². The summed E-state index contributed by atoms with van der Waals surface area (Å²) in [5.41, 5.74) is 3.39. The molecular weight excluding hydrogens is 210 g/mol. The molecule has 0 radical (unpaired) electrons. The van der Waals surface area contributed by atoms with Crippen molar-refractivity contribution < 1.29 is 0 Å². The van der Waals surface area contributed by atoms with E-state index in [0.717, 1.165) is 23.7 Å². The van der Waals surface area contributed by atoms with Crippen LogP contribution in [-0.2, 0) is 0 Å². The van der Waals surface area contributed by atoms with E-state index in [-0.39, 0.29) is 0 Å². The Morgan fingerprint density at radius 1 is 1.18 bits per heavy atom. The lowest BCUT2D eigenvalue weighted by Crippen LogP contribution is -2.04. The number of rotatable bonds is 5. The van der Waals surface area contributed by atoms with Crippen LogP contribution in [0.1, 0.15) is 20.3 Å². The lowest BCUT2D eigenvalue weighted by molar-refractivity contribution is 0.607. The van der Waals surface area contributed by atoms with Gasteiger partial charge in [0.25, 0.3) is 0 Å². The van der Waals surface area contributed by atoms with E-state index in [4.69, 9.17) is 0 Å². The fourth-order valence-corrected chi connectivity index (χ4v) is 1.69. The van der Waals surface area contributed by atoms with Gasteiger partial charge in [-0.2, -0.15) is 5.10 Å². The molecule has 2 aromatic rings. The van der Waals surface area contributed by atoms with Crippen molar-refractivity contribution in [3.63, 3.8) is 0 Å². The van der Waals surface area contributed by atoms with Crippen LogP contribution in [0, 0.1) is 5.92 Å². The van der Waals surface area contributed by atoms with Gasteiger partial charge in [0.2, 0.25) is 0 Å². The van der Waals surface area contributed by atoms with Crippen LogP contribution in [0.3, 0.4) is 0 Å². The summed E-state index contributed by atoms with van der Waals surface area (Å²) < 4.78 is 0. The molecule has 0 unspecified atom stereocenters. The average Bonchev–Trinajstić information content (AvgIpc) is 2.83. The Bertz CT molecular complexity index is 429. The molecule has 3 nitrogen and oxygen atoms in total. The van der Waals surface area contributed by atoms with Gasteiger partial charge in [-0.3, -0.25) is 5.10 Å². The second-order valence-corrected chi connectivity index (χ2v) is 4.66. The number of hydrogen-bond donors (Lipinski definition) is 2. The maximum atomic E-state index is 3.95. The van der Waals surface area contributed by atoms with Gasteiger partial charge >= 0.3 is 0 Å². The van der Waals surface area contributed by atoms with Crippen LogP contribution in [0.15, 0.2) is 36.5 Å². The number of nitrogens with zero attached hydrogens (tertiary/aromatic N) is 1.